The first-order valence-corrected chi connectivity index (χ1v) is 4.32. The van der Waals surface area contributed by atoms with E-state index < -0.39 is 0 Å². The molecule has 0 heterocycles. The molecule has 0 saturated heterocycles. The van der Waals surface area contributed by atoms with Crippen LogP contribution in [-0.2, 0) is 4.79 Å². The molecule has 66 valence electrons. The van der Waals surface area contributed by atoms with Gasteiger partial charge in [-0.15, -0.1) is 0 Å². The average molecular weight is 164 g/mol. The number of ketones is 1. The van der Waals surface area contributed by atoms with Gasteiger partial charge in [-0.3, -0.25) is 4.79 Å². The minimum atomic E-state index is 0.103. The molecule has 1 aliphatic carbocycles. The quantitative estimate of drug-likeness (QED) is 0.613. The molecule has 1 heteroatoms. The molecule has 0 unspecified atom stereocenters. The number of hydrogen-bond acceptors (Lipinski definition) is 1. The lowest BCUT2D eigenvalue weighted by atomic mass is 9.80. The van der Waals surface area contributed by atoms with Crippen molar-refractivity contribution >= 4 is 5.78 Å². The van der Waals surface area contributed by atoms with Crippen LogP contribution >= 0.6 is 0 Å². The Balaban J connectivity index is 2.79. The van der Waals surface area contributed by atoms with Gasteiger partial charge in [-0.25, -0.2) is 0 Å². The standard InChI is InChI=1S/C11H16O/c1-8-5-6-10(7-9(2)12)11(8,3)4/h5-6H,7H2,1-4H3. The van der Waals surface area contributed by atoms with Crippen molar-refractivity contribution in [2.45, 2.75) is 34.1 Å². The molecule has 0 N–H and O–H groups in total. The van der Waals surface area contributed by atoms with Crippen LogP contribution in [0.2, 0.25) is 0 Å². The Hall–Kier alpha value is -0.850. The van der Waals surface area contributed by atoms with Crippen LogP contribution in [0, 0.1) is 5.41 Å². The zero-order valence-electron chi connectivity index (χ0n) is 8.27. The van der Waals surface area contributed by atoms with Gasteiger partial charge in [0.25, 0.3) is 0 Å². The van der Waals surface area contributed by atoms with Crippen molar-refractivity contribution in [2.24, 2.45) is 5.41 Å². The van der Waals surface area contributed by atoms with E-state index in [0.29, 0.717) is 6.42 Å². The molecule has 0 aromatic rings. The predicted octanol–water partition coefficient (Wildman–Crippen LogP) is 2.88. The topological polar surface area (TPSA) is 17.1 Å². The number of rotatable bonds is 2. The lowest BCUT2D eigenvalue weighted by molar-refractivity contribution is -0.116. The summed E-state index contributed by atoms with van der Waals surface area (Å²) in [6.07, 6.45) is 4.79. The van der Waals surface area contributed by atoms with Gasteiger partial charge in [0, 0.05) is 11.8 Å². The predicted molar refractivity (Wildman–Crippen MR) is 50.9 cm³/mol. The molecule has 1 aliphatic rings. The lowest BCUT2D eigenvalue weighted by Gasteiger charge is -2.24. The molecule has 0 aromatic heterocycles. The van der Waals surface area contributed by atoms with Crippen LogP contribution in [0.4, 0.5) is 0 Å². The zero-order valence-corrected chi connectivity index (χ0v) is 8.27. The van der Waals surface area contributed by atoms with E-state index in [9.17, 15) is 4.79 Å². The van der Waals surface area contributed by atoms with Crippen molar-refractivity contribution in [3.8, 4) is 0 Å². The second kappa shape index (κ2) is 2.89. The molecule has 12 heavy (non-hydrogen) atoms. The Morgan fingerprint density at radius 1 is 1.42 bits per heavy atom. The monoisotopic (exact) mass is 164 g/mol. The fourth-order valence-corrected chi connectivity index (χ4v) is 1.44. The zero-order chi connectivity index (χ0) is 9.35. The van der Waals surface area contributed by atoms with Crippen molar-refractivity contribution < 1.29 is 4.79 Å². The van der Waals surface area contributed by atoms with Crippen LogP contribution < -0.4 is 0 Å². The van der Waals surface area contributed by atoms with Crippen LogP contribution in [0.25, 0.3) is 0 Å². The smallest absolute Gasteiger partial charge is 0.133 e. The molecule has 0 bridgehead atoms. The Labute approximate surface area is 74.2 Å². The van der Waals surface area contributed by atoms with Crippen LogP contribution in [0.5, 0.6) is 0 Å². The second-order valence-corrected chi connectivity index (χ2v) is 4.05. The first kappa shape index (κ1) is 9.24. The highest BCUT2D eigenvalue weighted by Crippen LogP contribution is 2.40. The molecule has 0 amide bonds. The van der Waals surface area contributed by atoms with Crippen LogP contribution in [0.3, 0.4) is 0 Å². The largest absolute Gasteiger partial charge is 0.300 e. The Morgan fingerprint density at radius 3 is 2.33 bits per heavy atom. The summed E-state index contributed by atoms with van der Waals surface area (Å²) in [6, 6.07) is 0. The molecular formula is C11H16O. The highest BCUT2D eigenvalue weighted by atomic mass is 16.1. The highest BCUT2D eigenvalue weighted by molar-refractivity contribution is 5.79. The van der Waals surface area contributed by atoms with Gasteiger partial charge in [0.2, 0.25) is 0 Å². The maximum absolute atomic E-state index is 10.9. The van der Waals surface area contributed by atoms with Crippen molar-refractivity contribution in [1.82, 2.24) is 0 Å². The van der Waals surface area contributed by atoms with Gasteiger partial charge >= 0.3 is 0 Å². The summed E-state index contributed by atoms with van der Waals surface area (Å²) in [5.74, 6) is 0.248. The fraction of sp³-hybridized carbons (Fsp3) is 0.545. The van der Waals surface area contributed by atoms with E-state index in [0.717, 1.165) is 0 Å². The Kier molecular flexibility index (Phi) is 2.22. The summed E-state index contributed by atoms with van der Waals surface area (Å²) in [5.41, 5.74) is 2.69. The Bertz CT molecular complexity index is 267. The van der Waals surface area contributed by atoms with Crippen molar-refractivity contribution in [3.63, 3.8) is 0 Å². The van der Waals surface area contributed by atoms with E-state index in [-0.39, 0.29) is 11.2 Å². The molecule has 1 rings (SSSR count). The van der Waals surface area contributed by atoms with Gasteiger partial charge < -0.3 is 0 Å². The van der Waals surface area contributed by atoms with Crippen molar-refractivity contribution in [2.75, 3.05) is 0 Å². The second-order valence-electron chi connectivity index (χ2n) is 4.05. The van der Waals surface area contributed by atoms with Gasteiger partial charge in [-0.2, -0.15) is 0 Å². The van der Waals surface area contributed by atoms with Crippen LogP contribution in [-0.4, -0.2) is 5.78 Å². The first-order valence-electron chi connectivity index (χ1n) is 4.32. The van der Waals surface area contributed by atoms with Crippen molar-refractivity contribution in [3.05, 3.63) is 23.3 Å². The summed E-state index contributed by atoms with van der Waals surface area (Å²) < 4.78 is 0. The molecule has 0 saturated carbocycles. The van der Waals surface area contributed by atoms with Crippen molar-refractivity contribution in [1.29, 1.82) is 0 Å². The number of Topliss-reactive ketones (excluding diaryl/α,β-unsaturated/α-hetero) is 1. The van der Waals surface area contributed by atoms with E-state index in [1.54, 1.807) is 6.92 Å². The van der Waals surface area contributed by atoms with Gasteiger partial charge in [-0.05, 0) is 13.8 Å². The summed E-state index contributed by atoms with van der Waals surface area (Å²) in [5, 5.41) is 0. The molecule has 1 nitrogen and oxygen atoms in total. The van der Waals surface area contributed by atoms with E-state index in [1.807, 2.05) is 0 Å². The third-order valence-corrected chi connectivity index (χ3v) is 2.76. The van der Waals surface area contributed by atoms with E-state index in [2.05, 4.69) is 32.9 Å². The summed E-state index contributed by atoms with van der Waals surface area (Å²) in [4.78, 5) is 10.9. The minimum Gasteiger partial charge on any atom is -0.300 e. The fourth-order valence-electron chi connectivity index (χ4n) is 1.44. The molecule has 0 aromatic carbocycles. The molecule has 0 fully saturated rings. The van der Waals surface area contributed by atoms with Gasteiger partial charge in [0.05, 0.1) is 0 Å². The third-order valence-electron chi connectivity index (χ3n) is 2.76. The average Bonchev–Trinajstić information content (AvgIpc) is 2.15. The summed E-state index contributed by atoms with van der Waals surface area (Å²) >= 11 is 0. The molecule has 0 aliphatic heterocycles. The van der Waals surface area contributed by atoms with Gasteiger partial charge in [-0.1, -0.05) is 37.1 Å². The number of hydrogen-bond donors (Lipinski definition) is 0. The van der Waals surface area contributed by atoms with Crippen LogP contribution in [0.1, 0.15) is 34.1 Å². The highest BCUT2D eigenvalue weighted by Gasteiger charge is 2.28. The number of allylic oxidation sites excluding steroid dienone is 4. The summed E-state index contributed by atoms with van der Waals surface area (Å²) in [7, 11) is 0. The maximum atomic E-state index is 10.9. The Morgan fingerprint density at radius 2 is 2.00 bits per heavy atom. The number of carbonyl (C=O) groups is 1. The number of carbonyl (C=O) groups excluding carboxylic acids is 1. The van der Waals surface area contributed by atoms with E-state index >= 15 is 0 Å². The molecule has 0 atom stereocenters. The van der Waals surface area contributed by atoms with Crippen LogP contribution in [0.15, 0.2) is 23.3 Å². The first-order chi connectivity index (χ1) is 5.44. The van der Waals surface area contributed by atoms with E-state index in [1.165, 1.54) is 11.1 Å². The SMILES string of the molecule is CC(=O)CC1=CC=C(C)C1(C)C. The van der Waals surface area contributed by atoms with Gasteiger partial charge in [0.15, 0.2) is 0 Å². The molecular weight excluding hydrogens is 148 g/mol. The minimum absolute atomic E-state index is 0.103. The normalized spacial score (nSPS) is 20.3. The lowest BCUT2D eigenvalue weighted by Crippen LogP contribution is -2.14. The molecule has 0 radical (unpaired) electrons. The van der Waals surface area contributed by atoms with Gasteiger partial charge in [0.1, 0.15) is 5.78 Å². The molecule has 0 spiro atoms. The maximum Gasteiger partial charge on any atom is 0.133 e. The van der Waals surface area contributed by atoms with E-state index in [4.69, 9.17) is 0 Å². The summed E-state index contributed by atoms with van der Waals surface area (Å²) in [6.45, 7) is 8.09. The third kappa shape index (κ3) is 1.50.